The maximum absolute atomic E-state index is 5.72. The minimum atomic E-state index is 0.427. The summed E-state index contributed by atoms with van der Waals surface area (Å²) in [4.78, 5) is 2.30. The molecule has 1 atom stereocenters. The maximum atomic E-state index is 5.72. The van der Waals surface area contributed by atoms with Gasteiger partial charge in [0.05, 0.1) is 0 Å². The smallest absolute Gasteiger partial charge is 0.0247 e. The van der Waals surface area contributed by atoms with Gasteiger partial charge in [0.1, 0.15) is 0 Å². The molecule has 2 N–H and O–H groups in total. The van der Waals surface area contributed by atoms with E-state index in [2.05, 4.69) is 31.9 Å². The number of nitrogens with zero attached hydrogens (tertiary/aromatic N) is 1. The zero-order valence-electron chi connectivity index (χ0n) is 8.87. The van der Waals surface area contributed by atoms with Crippen LogP contribution in [0.1, 0.15) is 13.8 Å². The Morgan fingerprint density at radius 2 is 1.69 bits per heavy atom. The van der Waals surface area contributed by atoms with Gasteiger partial charge < -0.3 is 5.73 Å². The first-order chi connectivity index (χ1) is 6.17. The summed E-state index contributed by atoms with van der Waals surface area (Å²) in [5.41, 5.74) is 5.72. The molecule has 0 aliphatic carbocycles. The fourth-order valence-electron chi connectivity index (χ4n) is 1.52. The molecule has 2 heteroatoms. The first kappa shape index (κ1) is 12.4. The second kappa shape index (κ2) is 6.87. The second-order valence-electron chi connectivity index (χ2n) is 3.58. The highest BCUT2D eigenvalue weighted by Crippen LogP contribution is 2.09. The Bertz CT molecular complexity index is 142. The van der Waals surface area contributed by atoms with E-state index >= 15 is 0 Å². The van der Waals surface area contributed by atoms with E-state index in [1.54, 1.807) is 0 Å². The van der Waals surface area contributed by atoms with Crippen molar-refractivity contribution in [3.63, 3.8) is 0 Å². The summed E-state index contributed by atoms with van der Waals surface area (Å²) in [7, 11) is 0. The minimum Gasteiger partial charge on any atom is -0.329 e. The topological polar surface area (TPSA) is 29.3 Å². The third-order valence-corrected chi connectivity index (χ3v) is 2.21. The van der Waals surface area contributed by atoms with Crippen LogP contribution in [0.2, 0.25) is 0 Å². The molecule has 0 rings (SSSR count). The van der Waals surface area contributed by atoms with Crippen LogP contribution in [0.4, 0.5) is 0 Å². The Balaban J connectivity index is 4.27. The first-order valence-electron chi connectivity index (χ1n) is 4.83. The monoisotopic (exact) mass is 182 g/mol. The molecule has 0 radical (unpaired) electrons. The predicted molar refractivity (Wildman–Crippen MR) is 59.6 cm³/mol. The van der Waals surface area contributed by atoms with Crippen molar-refractivity contribution in [2.24, 2.45) is 11.7 Å². The van der Waals surface area contributed by atoms with Crippen molar-refractivity contribution in [3.05, 3.63) is 25.3 Å². The minimum absolute atomic E-state index is 0.427. The molecule has 0 saturated heterocycles. The van der Waals surface area contributed by atoms with Crippen LogP contribution in [0.15, 0.2) is 25.3 Å². The van der Waals surface area contributed by atoms with Gasteiger partial charge in [-0.2, -0.15) is 0 Å². The Kier molecular flexibility index (Phi) is 6.55. The van der Waals surface area contributed by atoms with Crippen molar-refractivity contribution in [1.29, 1.82) is 0 Å². The molecule has 0 amide bonds. The van der Waals surface area contributed by atoms with E-state index in [-0.39, 0.29) is 0 Å². The van der Waals surface area contributed by atoms with Crippen molar-refractivity contribution in [2.75, 3.05) is 19.6 Å². The van der Waals surface area contributed by atoms with Crippen LogP contribution in [-0.4, -0.2) is 30.6 Å². The van der Waals surface area contributed by atoms with Crippen molar-refractivity contribution in [1.82, 2.24) is 4.90 Å². The zero-order valence-corrected chi connectivity index (χ0v) is 8.87. The van der Waals surface area contributed by atoms with Crippen LogP contribution in [-0.2, 0) is 0 Å². The summed E-state index contributed by atoms with van der Waals surface area (Å²) < 4.78 is 0. The van der Waals surface area contributed by atoms with Crippen molar-refractivity contribution in [3.8, 4) is 0 Å². The van der Waals surface area contributed by atoms with Crippen LogP contribution in [0.5, 0.6) is 0 Å². The summed E-state index contributed by atoms with van der Waals surface area (Å²) in [6.07, 6.45) is 3.82. The summed E-state index contributed by atoms with van der Waals surface area (Å²) in [6, 6.07) is 0.427. The van der Waals surface area contributed by atoms with Gasteiger partial charge in [-0.25, -0.2) is 0 Å². The Hall–Kier alpha value is -0.600. The largest absolute Gasteiger partial charge is 0.329 e. The van der Waals surface area contributed by atoms with E-state index in [4.69, 9.17) is 5.73 Å². The summed E-state index contributed by atoms with van der Waals surface area (Å²) in [5, 5.41) is 0. The molecule has 0 spiro atoms. The average molecular weight is 182 g/mol. The molecule has 0 heterocycles. The Labute approximate surface area is 82.1 Å². The van der Waals surface area contributed by atoms with Crippen molar-refractivity contribution in [2.45, 2.75) is 19.9 Å². The highest BCUT2D eigenvalue weighted by atomic mass is 15.2. The maximum Gasteiger partial charge on any atom is 0.0247 e. The van der Waals surface area contributed by atoms with Crippen molar-refractivity contribution >= 4 is 0 Å². The van der Waals surface area contributed by atoms with Gasteiger partial charge in [-0.15, -0.1) is 13.2 Å². The highest BCUT2D eigenvalue weighted by molar-refractivity contribution is 4.86. The molecule has 0 aromatic heterocycles. The fourth-order valence-corrected chi connectivity index (χ4v) is 1.52. The van der Waals surface area contributed by atoms with Gasteiger partial charge in [-0.05, 0) is 5.92 Å². The molecule has 1 unspecified atom stereocenters. The summed E-state index contributed by atoms with van der Waals surface area (Å²) in [6.45, 7) is 14.3. The number of rotatable bonds is 7. The fraction of sp³-hybridized carbons (Fsp3) is 0.636. The molecule has 0 aromatic carbocycles. The number of hydrogen-bond acceptors (Lipinski definition) is 2. The van der Waals surface area contributed by atoms with E-state index in [0.29, 0.717) is 18.5 Å². The molecule has 0 fully saturated rings. The number of hydrogen-bond donors (Lipinski definition) is 1. The quantitative estimate of drug-likeness (QED) is 0.607. The molecule has 0 aliphatic heterocycles. The van der Waals surface area contributed by atoms with E-state index in [1.165, 1.54) is 0 Å². The van der Waals surface area contributed by atoms with E-state index in [1.807, 2.05) is 12.2 Å². The second-order valence-corrected chi connectivity index (χ2v) is 3.58. The van der Waals surface area contributed by atoms with E-state index in [9.17, 15) is 0 Å². The Morgan fingerprint density at radius 1 is 1.23 bits per heavy atom. The molecule has 0 bridgehead atoms. The van der Waals surface area contributed by atoms with Crippen LogP contribution in [0, 0.1) is 5.92 Å². The molecular formula is C11H22N2. The SMILES string of the molecule is C=CCN(CC=C)C(CN)C(C)C. The lowest BCUT2D eigenvalue weighted by Gasteiger charge is -2.31. The van der Waals surface area contributed by atoms with Gasteiger partial charge >= 0.3 is 0 Å². The third-order valence-electron chi connectivity index (χ3n) is 2.21. The molecule has 2 nitrogen and oxygen atoms in total. The average Bonchev–Trinajstić information content (AvgIpc) is 2.05. The molecule has 0 saturated carbocycles. The highest BCUT2D eigenvalue weighted by Gasteiger charge is 2.17. The lowest BCUT2D eigenvalue weighted by Crippen LogP contribution is -2.44. The van der Waals surface area contributed by atoms with Crippen LogP contribution in [0.25, 0.3) is 0 Å². The summed E-state index contributed by atoms with van der Waals surface area (Å²) in [5.74, 6) is 0.574. The molecule has 0 aliphatic rings. The normalized spacial score (nSPS) is 13.3. The van der Waals surface area contributed by atoms with Gasteiger partial charge in [0.2, 0.25) is 0 Å². The van der Waals surface area contributed by atoms with E-state index in [0.717, 1.165) is 13.1 Å². The molecule has 76 valence electrons. The summed E-state index contributed by atoms with van der Waals surface area (Å²) >= 11 is 0. The van der Waals surface area contributed by atoms with Gasteiger partial charge in [0.25, 0.3) is 0 Å². The lowest BCUT2D eigenvalue weighted by atomic mass is 10.0. The van der Waals surface area contributed by atoms with Crippen LogP contribution in [0.3, 0.4) is 0 Å². The first-order valence-corrected chi connectivity index (χ1v) is 4.83. The zero-order chi connectivity index (χ0) is 10.3. The number of nitrogens with two attached hydrogens (primary N) is 1. The predicted octanol–water partition coefficient (Wildman–Crippen LogP) is 1.64. The van der Waals surface area contributed by atoms with Gasteiger partial charge in [0.15, 0.2) is 0 Å². The molecular weight excluding hydrogens is 160 g/mol. The standard InChI is InChI=1S/C11H22N2/c1-5-7-13(8-6-2)11(9-12)10(3)4/h5-6,10-11H,1-2,7-9,12H2,3-4H3. The van der Waals surface area contributed by atoms with Crippen LogP contribution >= 0.6 is 0 Å². The molecule has 13 heavy (non-hydrogen) atoms. The lowest BCUT2D eigenvalue weighted by molar-refractivity contribution is 0.195. The van der Waals surface area contributed by atoms with Gasteiger partial charge in [-0.1, -0.05) is 26.0 Å². The van der Waals surface area contributed by atoms with Crippen molar-refractivity contribution < 1.29 is 0 Å². The van der Waals surface area contributed by atoms with E-state index < -0.39 is 0 Å². The Morgan fingerprint density at radius 3 is 1.92 bits per heavy atom. The van der Waals surface area contributed by atoms with Gasteiger partial charge in [0, 0.05) is 25.7 Å². The molecule has 0 aromatic rings. The van der Waals surface area contributed by atoms with Crippen LogP contribution < -0.4 is 5.73 Å². The van der Waals surface area contributed by atoms with Gasteiger partial charge in [-0.3, -0.25) is 4.90 Å². The third kappa shape index (κ3) is 4.25.